The minimum atomic E-state index is 0.0471. The summed E-state index contributed by atoms with van der Waals surface area (Å²) in [6.07, 6.45) is 4.37. The number of hydrogen-bond acceptors (Lipinski definition) is 3. The van der Waals surface area contributed by atoms with E-state index < -0.39 is 0 Å². The molecule has 15 heavy (non-hydrogen) atoms. The summed E-state index contributed by atoms with van der Waals surface area (Å²) in [6, 6.07) is 3.91. The Kier molecular flexibility index (Phi) is 5.40. The van der Waals surface area contributed by atoms with Gasteiger partial charge in [-0.05, 0) is 30.7 Å². The predicted octanol–water partition coefficient (Wildman–Crippen LogP) is 0.350. The molecule has 0 fully saturated rings. The second-order valence-electron chi connectivity index (χ2n) is 3.24. The molecule has 0 atom stereocenters. The maximum absolute atomic E-state index is 11.2. The molecule has 1 aromatic heterocycles. The molecule has 0 unspecified atom stereocenters. The Morgan fingerprint density at radius 1 is 1.40 bits per heavy atom. The monoisotopic (exact) mass is 207 g/mol. The van der Waals surface area contributed by atoms with Crippen molar-refractivity contribution >= 4 is 5.91 Å². The van der Waals surface area contributed by atoms with Gasteiger partial charge < -0.3 is 10.6 Å². The molecular formula is C11H17N3O. The molecule has 0 radical (unpaired) electrons. The van der Waals surface area contributed by atoms with Gasteiger partial charge >= 0.3 is 0 Å². The molecule has 1 amide bonds. The average molecular weight is 207 g/mol. The summed E-state index contributed by atoms with van der Waals surface area (Å²) < 4.78 is 0. The largest absolute Gasteiger partial charge is 0.355 e. The second kappa shape index (κ2) is 6.95. The average Bonchev–Trinajstić information content (AvgIpc) is 2.28. The molecule has 1 rings (SSSR count). The van der Waals surface area contributed by atoms with E-state index >= 15 is 0 Å². The molecule has 0 saturated carbocycles. The van der Waals surface area contributed by atoms with Crippen LogP contribution in [0.5, 0.6) is 0 Å². The van der Waals surface area contributed by atoms with Crippen LogP contribution in [0.4, 0.5) is 0 Å². The number of rotatable bonds is 6. The first-order valence-corrected chi connectivity index (χ1v) is 5.19. The maximum Gasteiger partial charge on any atom is 0.233 e. The van der Waals surface area contributed by atoms with Gasteiger partial charge in [-0.25, -0.2) is 0 Å². The molecule has 4 heteroatoms. The lowest BCUT2D eigenvalue weighted by Crippen LogP contribution is -2.34. The Bertz CT molecular complexity index is 287. The summed E-state index contributed by atoms with van der Waals surface area (Å²) in [5.74, 6) is 0.0471. The van der Waals surface area contributed by atoms with Gasteiger partial charge in [0.05, 0.1) is 6.54 Å². The van der Waals surface area contributed by atoms with Gasteiger partial charge in [0.1, 0.15) is 0 Å². The molecular weight excluding hydrogens is 190 g/mol. The molecule has 1 heterocycles. The summed E-state index contributed by atoms with van der Waals surface area (Å²) in [7, 11) is 0. The molecule has 0 spiro atoms. The van der Waals surface area contributed by atoms with Crippen LogP contribution in [-0.2, 0) is 11.2 Å². The van der Waals surface area contributed by atoms with E-state index in [0.29, 0.717) is 13.1 Å². The van der Waals surface area contributed by atoms with Crippen LogP contribution in [0.15, 0.2) is 24.5 Å². The van der Waals surface area contributed by atoms with Crippen LogP contribution in [0.2, 0.25) is 0 Å². The molecule has 0 aliphatic rings. The maximum atomic E-state index is 11.2. The van der Waals surface area contributed by atoms with E-state index in [1.165, 1.54) is 5.56 Å². The van der Waals surface area contributed by atoms with E-state index in [4.69, 9.17) is 0 Å². The van der Waals surface area contributed by atoms with Crippen LogP contribution in [-0.4, -0.2) is 30.5 Å². The Balaban J connectivity index is 2.14. The van der Waals surface area contributed by atoms with E-state index in [1.54, 1.807) is 12.4 Å². The Morgan fingerprint density at radius 3 is 2.80 bits per heavy atom. The normalized spacial score (nSPS) is 9.93. The highest BCUT2D eigenvalue weighted by atomic mass is 16.1. The predicted molar refractivity (Wildman–Crippen MR) is 59.5 cm³/mol. The van der Waals surface area contributed by atoms with Crippen LogP contribution in [0, 0.1) is 0 Å². The lowest BCUT2D eigenvalue weighted by Gasteiger charge is -2.05. The lowest BCUT2D eigenvalue weighted by molar-refractivity contribution is -0.120. The third-order valence-corrected chi connectivity index (χ3v) is 2.02. The fraction of sp³-hybridized carbons (Fsp3) is 0.455. The first-order chi connectivity index (χ1) is 7.33. The number of hydrogen-bond donors (Lipinski definition) is 2. The molecule has 0 aromatic carbocycles. The lowest BCUT2D eigenvalue weighted by atomic mass is 10.2. The van der Waals surface area contributed by atoms with Crippen molar-refractivity contribution in [1.82, 2.24) is 15.6 Å². The van der Waals surface area contributed by atoms with E-state index in [0.717, 1.165) is 13.0 Å². The van der Waals surface area contributed by atoms with Crippen LogP contribution in [0.25, 0.3) is 0 Å². The van der Waals surface area contributed by atoms with Gasteiger partial charge in [0, 0.05) is 18.9 Å². The number of pyridine rings is 1. The number of likely N-dealkylation sites (N-methyl/N-ethyl adjacent to an activating group) is 1. The van der Waals surface area contributed by atoms with Crippen molar-refractivity contribution in [1.29, 1.82) is 0 Å². The van der Waals surface area contributed by atoms with Gasteiger partial charge in [-0.2, -0.15) is 0 Å². The number of aromatic nitrogens is 1. The molecule has 0 saturated heterocycles. The molecule has 0 bridgehead atoms. The van der Waals surface area contributed by atoms with E-state index in [9.17, 15) is 4.79 Å². The zero-order valence-corrected chi connectivity index (χ0v) is 8.99. The molecule has 2 N–H and O–H groups in total. The van der Waals surface area contributed by atoms with Gasteiger partial charge in [0.25, 0.3) is 0 Å². The van der Waals surface area contributed by atoms with E-state index in [-0.39, 0.29) is 5.91 Å². The SMILES string of the molecule is CCNCC(=O)NCCc1ccncc1. The third kappa shape index (κ3) is 5.12. The van der Waals surface area contributed by atoms with Crippen molar-refractivity contribution in [2.75, 3.05) is 19.6 Å². The van der Waals surface area contributed by atoms with Crippen molar-refractivity contribution in [3.63, 3.8) is 0 Å². The standard InChI is InChI=1S/C11H17N3O/c1-2-12-9-11(15)14-8-5-10-3-6-13-7-4-10/h3-4,6-7,12H,2,5,8-9H2,1H3,(H,14,15). The minimum Gasteiger partial charge on any atom is -0.355 e. The molecule has 4 nitrogen and oxygen atoms in total. The van der Waals surface area contributed by atoms with Gasteiger partial charge in [0.2, 0.25) is 5.91 Å². The highest BCUT2D eigenvalue weighted by Gasteiger charge is 1.98. The Morgan fingerprint density at radius 2 is 2.13 bits per heavy atom. The fourth-order valence-electron chi connectivity index (χ4n) is 1.20. The molecule has 1 aromatic rings. The topological polar surface area (TPSA) is 54.0 Å². The zero-order valence-electron chi connectivity index (χ0n) is 8.99. The van der Waals surface area contributed by atoms with Gasteiger partial charge in [-0.1, -0.05) is 6.92 Å². The summed E-state index contributed by atoms with van der Waals surface area (Å²) >= 11 is 0. The first-order valence-electron chi connectivity index (χ1n) is 5.19. The Hall–Kier alpha value is -1.42. The third-order valence-electron chi connectivity index (χ3n) is 2.02. The Labute approximate surface area is 90.1 Å². The van der Waals surface area contributed by atoms with E-state index in [1.807, 2.05) is 19.1 Å². The van der Waals surface area contributed by atoms with E-state index in [2.05, 4.69) is 15.6 Å². The van der Waals surface area contributed by atoms with Crippen LogP contribution in [0.1, 0.15) is 12.5 Å². The van der Waals surface area contributed by atoms with Crippen LogP contribution in [0.3, 0.4) is 0 Å². The minimum absolute atomic E-state index is 0.0471. The highest BCUT2D eigenvalue weighted by molar-refractivity contribution is 5.77. The highest BCUT2D eigenvalue weighted by Crippen LogP contribution is 1.95. The first kappa shape index (κ1) is 11.7. The van der Waals surface area contributed by atoms with Gasteiger partial charge in [-0.3, -0.25) is 9.78 Å². The van der Waals surface area contributed by atoms with Crippen molar-refractivity contribution in [3.05, 3.63) is 30.1 Å². The van der Waals surface area contributed by atoms with Crippen LogP contribution < -0.4 is 10.6 Å². The van der Waals surface area contributed by atoms with Crippen molar-refractivity contribution in [3.8, 4) is 0 Å². The summed E-state index contributed by atoms with van der Waals surface area (Å²) in [5.41, 5.74) is 1.19. The number of amides is 1. The van der Waals surface area contributed by atoms with Crippen molar-refractivity contribution < 1.29 is 4.79 Å². The molecule has 0 aliphatic carbocycles. The zero-order chi connectivity index (χ0) is 10.9. The van der Waals surface area contributed by atoms with Crippen LogP contribution >= 0.6 is 0 Å². The summed E-state index contributed by atoms with van der Waals surface area (Å²) in [5, 5.41) is 5.82. The number of nitrogens with one attached hydrogen (secondary N) is 2. The quantitative estimate of drug-likeness (QED) is 0.707. The van der Waals surface area contributed by atoms with Gasteiger partial charge in [0.15, 0.2) is 0 Å². The number of carbonyl (C=O) groups is 1. The number of nitrogens with zero attached hydrogens (tertiary/aromatic N) is 1. The number of carbonyl (C=O) groups excluding carboxylic acids is 1. The molecule has 0 aliphatic heterocycles. The second-order valence-corrected chi connectivity index (χ2v) is 3.24. The van der Waals surface area contributed by atoms with Gasteiger partial charge in [-0.15, -0.1) is 0 Å². The van der Waals surface area contributed by atoms with Crippen molar-refractivity contribution in [2.45, 2.75) is 13.3 Å². The summed E-state index contributed by atoms with van der Waals surface area (Å²) in [6.45, 7) is 3.86. The molecule has 82 valence electrons. The smallest absolute Gasteiger partial charge is 0.233 e. The fourth-order valence-corrected chi connectivity index (χ4v) is 1.20. The summed E-state index contributed by atoms with van der Waals surface area (Å²) in [4.78, 5) is 15.1. The van der Waals surface area contributed by atoms with Crippen molar-refractivity contribution in [2.24, 2.45) is 0 Å².